The van der Waals surface area contributed by atoms with Crippen molar-refractivity contribution < 1.29 is 43.1 Å². The predicted molar refractivity (Wildman–Crippen MR) is 106 cm³/mol. The van der Waals surface area contributed by atoms with Crippen LogP contribution in [0.5, 0.6) is 0 Å². The van der Waals surface area contributed by atoms with Crippen LogP contribution >= 0.6 is 17.4 Å². The Balaban J connectivity index is 0. The molecule has 1 aliphatic carbocycles. The molecule has 0 unspecified atom stereocenters. The Kier molecular flexibility index (Phi) is 12.5. The fourth-order valence-corrected chi connectivity index (χ4v) is 2.21. The van der Waals surface area contributed by atoms with Crippen LogP contribution in [-0.4, -0.2) is 23.4 Å². The first-order valence-electron chi connectivity index (χ1n) is 8.27. The van der Waals surface area contributed by atoms with Gasteiger partial charge in [0.05, 0.1) is 0 Å². The van der Waals surface area contributed by atoms with Gasteiger partial charge in [-0.25, -0.2) is 0 Å². The molecule has 2 nitrogen and oxygen atoms in total. The van der Waals surface area contributed by atoms with E-state index in [4.69, 9.17) is 0 Å². The summed E-state index contributed by atoms with van der Waals surface area (Å²) in [4.78, 5) is 3.92. The van der Waals surface area contributed by atoms with Crippen LogP contribution in [0.3, 0.4) is 0 Å². The molecule has 2 aliphatic rings. The summed E-state index contributed by atoms with van der Waals surface area (Å²) in [6.45, 7) is 18.7. The standard InChI is InChI=1S/C10H15.C8H12N2.ClH.F6P.Ir/c1-6-7(2)9(4)10(5)8(6)3;1-3-4-5-10-7-6-9(2)8-10;;1-7(2,3,4,5)6;/h1-5H3;3,6-7H,1,4-5H2,2H3;1H;;/q;;;-1;+3/p-1. The van der Waals surface area contributed by atoms with E-state index in [1.54, 1.807) is 0 Å². The summed E-state index contributed by atoms with van der Waals surface area (Å²) in [6.07, 6.45) is 6.89. The minimum atomic E-state index is -10.7. The van der Waals surface area contributed by atoms with Crippen LogP contribution in [0.15, 0.2) is 25.1 Å². The Morgan fingerprint density at radius 1 is 0.897 bits per heavy atom. The van der Waals surface area contributed by atoms with Gasteiger partial charge in [-0.1, -0.05) is 40.7 Å². The average Bonchev–Trinajstić information content (AvgIpc) is 3.07. The van der Waals surface area contributed by atoms with E-state index in [0.29, 0.717) is 0 Å². The summed E-state index contributed by atoms with van der Waals surface area (Å²) < 4.78 is 59.2. The number of nitrogens with zero attached hydrogens (tertiary/aromatic N) is 2. The SMILES string of the molecule is C=CCCN1[C]N(C)C=C1.C[C]1[C](C)[C](C)[C](C)[C]1C.F[P-](F)(F)(F)(F)F.[Cl][Ir+2]. The number of halogens is 7. The first kappa shape index (κ1) is 31.2. The molecule has 0 saturated heterocycles. The van der Waals surface area contributed by atoms with E-state index in [0.717, 1.165) is 13.0 Å². The molecule has 0 aromatic heterocycles. The molecule has 171 valence electrons. The van der Waals surface area contributed by atoms with Gasteiger partial charge in [0.15, 0.2) is 0 Å². The molecule has 2 rings (SSSR count). The van der Waals surface area contributed by atoms with E-state index in [2.05, 4.69) is 57.4 Å². The van der Waals surface area contributed by atoms with Crippen LogP contribution in [0.2, 0.25) is 0 Å². The van der Waals surface area contributed by atoms with Crippen LogP contribution in [-0.2, 0) is 17.9 Å². The second-order valence-electron chi connectivity index (χ2n) is 6.36. The molecular formula is C18H27ClF6IrN2P+. The minimum absolute atomic E-state index is 0.977. The summed E-state index contributed by atoms with van der Waals surface area (Å²) in [5, 5.41) is 0. The summed E-state index contributed by atoms with van der Waals surface area (Å²) in [6, 6.07) is 0. The molecule has 29 heavy (non-hydrogen) atoms. The fraction of sp³-hybridized carbons (Fsp3) is 0.444. The van der Waals surface area contributed by atoms with E-state index in [9.17, 15) is 25.2 Å². The molecule has 0 amide bonds. The fourth-order valence-electron chi connectivity index (χ4n) is 2.21. The Morgan fingerprint density at radius 2 is 1.21 bits per heavy atom. The van der Waals surface area contributed by atoms with Gasteiger partial charge in [-0.05, 0) is 36.0 Å². The van der Waals surface area contributed by atoms with Crippen molar-refractivity contribution in [2.75, 3.05) is 13.6 Å². The van der Waals surface area contributed by atoms with Crippen LogP contribution in [0.25, 0.3) is 0 Å². The third-order valence-corrected chi connectivity index (χ3v) is 4.14. The van der Waals surface area contributed by atoms with Crippen molar-refractivity contribution >= 4 is 17.4 Å². The Morgan fingerprint density at radius 3 is 1.41 bits per heavy atom. The van der Waals surface area contributed by atoms with Gasteiger partial charge in [0.1, 0.15) is 0 Å². The molecule has 0 bridgehead atoms. The molecule has 1 aliphatic heterocycles. The molecule has 0 atom stereocenters. The molecule has 0 aromatic rings. The molecule has 1 fully saturated rings. The molecule has 1 saturated carbocycles. The third kappa shape index (κ3) is 17.4. The van der Waals surface area contributed by atoms with Crippen LogP contribution < -0.4 is 0 Å². The molecule has 7 radical (unpaired) electrons. The van der Waals surface area contributed by atoms with Gasteiger partial charge >= 0.3 is 60.5 Å². The van der Waals surface area contributed by atoms with Crippen LogP contribution in [0, 0.1) is 36.3 Å². The van der Waals surface area contributed by atoms with Crippen molar-refractivity contribution in [3.05, 3.63) is 61.3 Å². The molecule has 0 N–H and O–H groups in total. The zero-order valence-corrected chi connectivity index (χ0v) is 21.2. The topological polar surface area (TPSA) is 6.48 Å². The normalized spacial score (nSPS) is 21.3. The Labute approximate surface area is 186 Å². The van der Waals surface area contributed by atoms with Crippen LogP contribution in [0.1, 0.15) is 41.0 Å². The van der Waals surface area contributed by atoms with Crippen LogP contribution in [0.4, 0.5) is 25.2 Å². The third-order valence-electron chi connectivity index (χ3n) is 4.14. The van der Waals surface area contributed by atoms with E-state index in [1.165, 1.54) is 47.5 Å². The van der Waals surface area contributed by atoms with E-state index in [1.807, 2.05) is 35.3 Å². The Hall–Kier alpha value is 0.0294. The predicted octanol–water partition coefficient (Wildman–Crippen LogP) is 8.32. The first-order chi connectivity index (χ1) is 12.8. The first-order valence-corrected chi connectivity index (χ1v) is 13.3. The van der Waals surface area contributed by atoms with Gasteiger partial charge < -0.3 is 9.80 Å². The molecule has 11 heteroatoms. The molecular weight excluding hydrogens is 617 g/mol. The molecule has 1 heterocycles. The van der Waals surface area contributed by atoms with Crippen molar-refractivity contribution in [2.45, 2.75) is 41.0 Å². The zero-order valence-electron chi connectivity index (χ0n) is 17.2. The second kappa shape index (κ2) is 11.6. The number of hydrogen-bond donors (Lipinski definition) is 0. The zero-order chi connectivity index (χ0) is 23.7. The van der Waals surface area contributed by atoms with Crippen molar-refractivity contribution in [3.63, 3.8) is 0 Å². The van der Waals surface area contributed by atoms with E-state index >= 15 is 0 Å². The summed E-state index contributed by atoms with van der Waals surface area (Å²) >= 11 is 1.47. The summed E-state index contributed by atoms with van der Waals surface area (Å²) in [5.74, 6) is 7.34. The summed E-state index contributed by atoms with van der Waals surface area (Å²) in [7, 11) is -4.06. The molecule has 0 spiro atoms. The Bertz CT molecular complexity index is 461. The quantitative estimate of drug-likeness (QED) is 0.173. The summed E-state index contributed by atoms with van der Waals surface area (Å²) in [5.41, 5.74) is 0. The van der Waals surface area contributed by atoms with E-state index in [-0.39, 0.29) is 0 Å². The van der Waals surface area contributed by atoms with Crippen molar-refractivity contribution in [1.29, 1.82) is 0 Å². The molecule has 0 aromatic carbocycles. The second-order valence-corrected chi connectivity index (χ2v) is 8.28. The van der Waals surface area contributed by atoms with Gasteiger partial charge in [-0.15, -0.1) is 6.58 Å². The maximum atomic E-state index is 9.87. The monoisotopic (exact) mass is 644 g/mol. The average molecular weight is 644 g/mol. The van der Waals surface area contributed by atoms with Gasteiger partial charge in [0.25, 0.3) is 0 Å². The van der Waals surface area contributed by atoms with Crippen molar-refractivity contribution in [3.8, 4) is 0 Å². The number of rotatable bonds is 3. The van der Waals surface area contributed by atoms with E-state index < -0.39 is 7.81 Å². The van der Waals surface area contributed by atoms with Crippen molar-refractivity contribution in [1.82, 2.24) is 9.80 Å². The number of hydrogen-bond acceptors (Lipinski definition) is 2. The van der Waals surface area contributed by atoms with Gasteiger partial charge in [-0.3, -0.25) is 0 Å². The van der Waals surface area contributed by atoms with Crippen molar-refractivity contribution in [2.24, 2.45) is 0 Å². The maximum absolute atomic E-state index is 10.7. The van der Waals surface area contributed by atoms with Gasteiger partial charge in [0.2, 0.25) is 6.67 Å². The van der Waals surface area contributed by atoms with Gasteiger partial charge in [0, 0.05) is 26.0 Å². The van der Waals surface area contributed by atoms with Gasteiger partial charge in [-0.2, -0.15) is 0 Å².